The molecule has 2 aromatic rings. The number of primary amides is 1. The zero-order valence-corrected chi connectivity index (χ0v) is 17.8. The molecule has 162 valence electrons. The van der Waals surface area contributed by atoms with Crippen molar-refractivity contribution in [3.05, 3.63) is 47.5 Å². The summed E-state index contributed by atoms with van der Waals surface area (Å²) in [5, 5.41) is 2.64. The molecule has 9 nitrogen and oxygen atoms in total. The van der Waals surface area contributed by atoms with Gasteiger partial charge in [-0.2, -0.15) is 0 Å². The van der Waals surface area contributed by atoms with Gasteiger partial charge in [0.2, 0.25) is 15.9 Å². The number of aryl methyl sites for hydroxylation is 2. The number of hydrogen-bond donors (Lipinski definition) is 3. The van der Waals surface area contributed by atoms with Crippen LogP contribution in [0.1, 0.15) is 17.5 Å². The normalized spacial score (nSPS) is 11.0. The van der Waals surface area contributed by atoms with Crippen LogP contribution in [0, 0.1) is 13.8 Å². The largest absolute Gasteiger partial charge is 0.493 e. The van der Waals surface area contributed by atoms with Gasteiger partial charge in [0.05, 0.1) is 12.0 Å². The standard InChI is InChI=1S/C20H25N3O6S/c1-13-4-6-16(10-14(13)2)30(26,27)22-9-8-20(25)23-15-5-7-17(28-3)18(11-15)29-12-19(21)24/h4-7,10-11,22H,8-9,12H2,1-3H3,(H2,21,24)(H,23,25). The molecule has 0 aliphatic carbocycles. The van der Waals surface area contributed by atoms with Crippen molar-refractivity contribution in [1.29, 1.82) is 0 Å². The number of amides is 2. The first-order valence-corrected chi connectivity index (χ1v) is 10.6. The zero-order valence-electron chi connectivity index (χ0n) is 17.0. The molecule has 0 atom stereocenters. The number of benzene rings is 2. The number of nitrogens with one attached hydrogen (secondary N) is 2. The fourth-order valence-corrected chi connectivity index (χ4v) is 3.62. The molecule has 0 saturated carbocycles. The molecule has 0 unspecified atom stereocenters. The average Bonchev–Trinajstić information content (AvgIpc) is 2.68. The van der Waals surface area contributed by atoms with Crippen LogP contribution < -0.4 is 25.2 Å². The molecule has 2 aromatic carbocycles. The lowest BCUT2D eigenvalue weighted by Gasteiger charge is -2.12. The minimum absolute atomic E-state index is 0.0672. The van der Waals surface area contributed by atoms with Crippen LogP contribution in [0.25, 0.3) is 0 Å². The number of anilines is 1. The van der Waals surface area contributed by atoms with E-state index in [0.717, 1.165) is 11.1 Å². The molecular formula is C20H25N3O6S. The molecule has 4 N–H and O–H groups in total. The van der Waals surface area contributed by atoms with Gasteiger partial charge in [-0.1, -0.05) is 6.07 Å². The Labute approximate surface area is 175 Å². The molecule has 0 radical (unpaired) electrons. The summed E-state index contributed by atoms with van der Waals surface area (Å²) in [5.74, 6) is -0.439. The molecule has 2 amide bonds. The molecule has 0 heterocycles. The first-order chi connectivity index (χ1) is 14.1. The molecule has 0 saturated heterocycles. The monoisotopic (exact) mass is 435 g/mol. The number of rotatable bonds is 10. The number of ether oxygens (including phenoxy) is 2. The van der Waals surface area contributed by atoms with E-state index in [4.69, 9.17) is 15.2 Å². The predicted molar refractivity (Wildman–Crippen MR) is 112 cm³/mol. The minimum atomic E-state index is -3.71. The van der Waals surface area contributed by atoms with Crippen molar-refractivity contribution < 1.29 is 27.5 Å². The summed E-state index contributed by atoms with van der Waals surface area (Å²) in [6.45, 7) is 3.32. The molecule has 0 aromatic heterocycles. The van der Waals surface area contributed by atoms with Gasteiger partial charge in [-0.25, -0.2) is 13.1 Å². The van der Waals surface area contributed by atoms with Gasteiger partial charge in [0, 0.05) is 24.7 Å². The average molecular weight is 436 g/mol. The van der Waals surface area contributed by atoms with E-state index >= 15 is 0 Å². The Morgan fingerprint density at radius 2 is 1.77 bits per heavy atom. The van der Waals surface area contributed by atoms with E-state index in [0.29, 0.717) is 11.4 Å². The van der Waals surface area contributed by atoms with Gasteiger partial charge in [-0.05, 0) is 49.2 Å². The first kappa shape index (κ1) is 23.2. The highest BCUT2D eigenvalue weighted by atomic mass is 32.2. The fourth-order valence-electron chi connectivity index (χ4n) is 2.50. The second-order valence-electron chi connectivity index (χ2n) is 6.56. The third-order valence-electron chi connectivity index (χ3n) is 4.25. The summed E-state index contributed by atoms with van der Waals surface area (Å²) < 4.78 is 37.5. The Morgan fingerprint density at radius 3 is 2.40 bits per heavy atom. The highest BCUT2D eigenvalue weighted by molar-refractivity contribution is 7.89. The van der Waals surface area contributed by atoms with E-state index in [1.807, 2.05) is 13.8 Å². The first-order valence-electron chi connectivity index (χ1n) is 9.08. The van der Waals surface area contributed by atoms with Crippen molar-refractivity contribution in [2.24, 2.45) is 5.73 Å². The van der Waals surface area contributed by atoms with Gasteiger partial charge < -0.3 is 20.5 Å². The molecule has 0 spiro atoms. The second-order valence-corrected chi connectivity index (χ2v) is 8.33. The quantitative estimate of drug-likeness (QED) is 0.517. The Balaban J connectivity index is 1.94. The third kappa shape index (κ3) is 6.46. The Hall–Kier alpha value is -3.11. The number of carbonyl (C=O) groups is 2. The second kappa shape index (κ2) is 10.1. The van der Waals surface area contributed by atoms with Gasteiger partial charge in [0.1, 0.15) is 0 Å². The van der Waals surface area contributed by atoms with Crippen LogP contribution in [0.5, 0.6) is 11.5 Å². The lowest BCUT2D eigenvalue weighted by molar-refractivity contribution is -0.120. The predicted octanol–water partition coefficient (Wildman–Crippen LogP) is 1.48. The third-order valence-corrected chi connectivity index (χ3v) is 5.71. The van der Waals surface area contributed by atoms with E-state index < -0.39 is 21.8 Å². The summed E-state index contributed by atoms with van der Waals surface area (Å²) in [4.78, 5) is 23.2. The maximum absolute atomic E-state index is 12.4. The summed E-state index contributed by atoms with van der Waals surface area (Å²) in [6, 6.07) is 9.48. The highest BCUT2D eigenvalue weighted by Gasteiger charge is 2.15. The molecule has 30 heavy (non-hydrogen) atoms. The molecule has 0 aliphatic rings. The molecule has 0 bridgehead atoms. The molecular weight excluding hydrogens is 410 g/mol. The van der Waals surface area contributed by atoms with Crippen LogP contribution in [0.4, 0.5) is 5.69 Å². The Bertz CT molecular complexity index is 1040. The Kier molecular flexibility index (Phi) is 7.79. The summed E-state index contributed by atoms with van der Waals surface area (Å²) in [5.41, 5.74) is 7.33. The maximum atomic E-state index is 12.4. The van der Waals surface area contributed by atoms with Crippen LogP contribution >= 0.6 is 0 Å². The van der Waals surface area contributed by atoms with E-state index in [1.54, 1.807) is 24.3 Å². The SMILES string of the molecule is COc1ccc(NC(=O)CCNS(=O)(=O)c2ccc(C)c(C)c2)cc1OCC(N)=O. The molecule has 2 rings (SSSR count). The summed E-state index contributed by atoms with van der Waals surface area (Å²) >= 11 is 0. The highest BCUT2D eigenvalue weighted by Crippen LogP contribution is 2.30. The van der Waals surface area contributed by atoms with Crippen LogP contribution in [0.2, 0.25) is 0 Å². The summed E-state index contributed by atoms with van der Waals surface area (Å²) in [7, 11) is -2.27. The maximum Gasteiger partial charge on any atom is 0.255 e. The van der Waals surface area contributed by atoms with E-state index in [9.17, 15) is 18.0 Å². The van der Waals surface area contributed by atoms with Gasteiger partial charge >= 0.3 is 0 Å². The van der Waals surface area contributed by atoms with E-state index in [2.05, 4.69) is 10.0 Å². The molecule has 0 aliphatic heterocycles. The minimum Gasteiger partial charge on any atom is -0.493 e. The van der Waals surface area contributed by atoms with Crippen LogP contribution in [0.15, 0.2) is 41.3 Å². The van der Waals surface area contributed by atoms with E-state index in [-0.39, 0.29) is 30.2 Å². The van der Waals surface area contributed by atoms with Gasteiger partial charge in [0.25, 0.3) is 5.91 Å². The topological polar surface area (TPSA) is 137 Å². The van der Waals surface area contributed by atoms with Gasteiger partial charge in [0.15, 0.2) is 18.1 Å². The molecule has 10 heteroatoms. The lowest BCUT2D eigenvalue weighted by atomic mass is 10.1. The number of nitrogens with two attached hydrogens (primary N) is 1. The zero-order chi connectivity index (χ0) is 22.3. The van der Waals surface area contributed by atoms with Crippen molar-refractivity contribution in [3.8, 4) is 11.5 Å². The van der Waals surface area contributed by atoms with Crippen molar-refractivity contribution >= 4 is 27.5 Å². The van der Waals surface area contributed by atoms with Crippen LogP contribution in [-0.2, 0) is 19.6 Å². The van der Waals surface area contributed by atoms with E-state index in [1.165, 1.54) is 19.2 Å². The Morgan fingerprint density at radius 1 is 1.03 bits per heavy atom. The van der Waals surface area contributed by atoms with Gasteiger partial charge in [-0.15, -0.1) is 0 Å². The van der Waals surface area contributed by atoms with Crippen LogP contribution in [-0.4, -0.2) is 40.5 Å². The van der Waals surface area contributed by atoms with Crippen molar-refractivity contribution in [3.63, 3.8) is 0 Å². The number of hydrogen-bond acceptors (Lipinski definition) is 6. The number of carbonyl (C=O) groups excluding carboxylic acids is 2. The lowest BCUT2D eigenvalue weighted by Crippen LogP contribution is -2.28. The van der Waals surface area contributed by atoms with Crippen molar-refractivity contribution in [2.45, 2.75) is 25.2 Å². The fraction of sp³-hybridized carbons (Fsp3) is 0.300. The smallest absolute Gasteiger partial charge is 0.255 e. The van der Waals surface area contributed by atoms with Crippen molar-refractivity contribution in [2.75, 3.05) is 25.6 Å². The summed E-state index contributed by atoms with van der Waals surface area (Å²) in [6.07, 6.45) is -0.0758. The van der Waals surface area contributed by atoms with Crippen molar-refractivity contribution in [1.82, 2.24) is 4.72 Å². The van der Waals surface area contributed by atoms with Gasteiger partial charge in [-0.3, -0.25) is 9.59 Å². The number of sulfonamides is 1. The van der Waals surface area contributed by atoms with Crippen LogP contribution in [0.3, 0.4) is 0 Å². The molecule has 0 fully saturated rings. The number of methoxy groups -OCH3 is 1.